The maximum absolute atomic E-state index is 12.9. The number of fused-ring (bicyclic) bond motifs is 3. The van der Waals surface area contributed by atoms with Gasteiger partial charge in [0.05, 0.1) is 10.9 Å². The number of carbonyl (C=O) groups excluding carboxylic acids is 1. The number of aryl methyl sites for hydroxylation is 1. The molecule has 1 N–H and O–H groups in total. The Kier molecular flexibility index (Phi) is 4.89. The fourth-order valence-electron chi connectivity index (χ4n) is 3.50. The molecule has 1 aromatic carbocycles. The Balaban J connectivity index is 1.58. The van der Waals surface area contributed by atoms with Gasteiger partial charge in [-0.15, -0.1) is 16.4 Å². The van der Waals surface area contributed by atoms with Gasteiger partial charge >= 0.3 is 6.18 Å². The van der Waals surface area contributed by atoms with Crippen molar-refractivity contribution < 1.29 is 18.0 Å². The second-order valence-electron chi connectivity index (χ2n) is 7.21. The SMILES string of the molecule is C[C@H]1CCc2c(sc3nnn(CC(=O)Nc4cccc(C(F)(F)F)c4)c(=O)c23)C1. The standard InChI is InChI=1S/C19H17F3N4O2S/c1-10-5-6-13-14(7-10)29-17-16(13)18(28)26(25-24-17)9-15(27)23-12-4-2-3-11(8-12)19(20,21)22/h2-4,8,10H,5-7,9H2,1H3,(H,23,27)/t10-/m0/s1. The zero-order chi connectivity index (χ0) is 20.8. The van der Waals surface area contributed by atoms with E-state index in [2.05, 4.69) is 22.6 Å². The summed E-state index contributed by atoms with van der Waals surface area (Å²) in [6, 6.07) is 4.31. The number of rotatable bonds is 3. The molecule has 4 rings (SSSR count). The van der Waals surface area contributed by atoms with Crippen LogP contribution in [-0.2, 0) is 30.4 Å². The van der Waals surface area contributed by atoms with Crippen molar-refractivity contribution in [3.05, 3.63) is 50.6 Å². The van der Waals surface area contributed by atoms with Crippen LogP contribution in [0.3, 0.4) is 0 Å². The topological polar surface area (TPSA) is 76.9 Å². The molecule has 0 spiro atoms. The largest absolute Gasteiger partial charge is 0.416 e. The minimum atomic E-state index is -4.51. The molecule has 0 fully saturated rings. The zero-order valence-electron chi connectivity index (χ0n) is 15.4. The van der Waals surface area contributed by atoms with Crippen molar-refractivity contribution in [2.24, 2.45) is 5.92 Å². The van der Waals surface area contributed by atoms with Crippen LogP contribution in [0.25, 0.3) is 10.2 Å². The molecule has 1 aliphatic rings. The van der Waals surface area contributed by atoms with E-state index in [0.29, 0.717) is 16.1 Å². The lowest BCUT2D eigenvalue weighted by molar-refractivity contribution is -0.137. The number of carbonyl (C=O) groups is 1. The molecule has 1 amide bonds. The number of nitrogens with zero attached hydrogens (tertiary/aromatic N) is 3. The van der Waals surface area contributed by atoms with E-state index in [-0.39, 0.29) is 5.69 Å². The summed E-state index contributed by atoms with van der Waals surface area (Å²) in [7, 11) is 0. The Morgan fingerprint density at radius 2 is 2.17 bits per heavy atom. The molecule has 10 heteroatoms. The van der Waals surface area contributed by atoms with E-state index in [1.54, 1.807) is 0 Å². The number of amides is 1. The van der Waals surface area contributed by atoms with Crippen LogP contribution in [0.2, 0.25) is 0 Å². The Labute approximate surface area is 167 Å². The van der Waals surface area contributed by atoms with Crippen molar-refractivity contribution in [3.8, 4) is 0 Å². The molecular formula is C19H17F3N4O2S. The monoisotopic (exact) mass is 422 g/mol. The summed E-state index contributed by atoms with van der Waals surface area (Å²) in [6.45, 7) is 1.73. The first-order chi connectivity index (χ1) is 13.7. The van der Waals surface area contributed by atoms with E-state index in [1.807, 2.05) is 0 Å². The number of aromatic nitrogens is 3. The smallest absolute Gasteiger partial charge is 0.324 e. The first kappa shape index (κ1) is 19.6. The molecule has 2 aromatic heterocycles. The van der Waals surface area contributed by atoms with Crippen molar-refractivity contribution in [2.75, 3.05) is 5.32 Å². The second-order valence-corrected chi connectivity index (χ2v) is 8.29. The highest BCUT2D eigenvalue weighted by Crippen LogP contribution is 2.35. The molecule has 152 valence electrons. The lowest BCUT2D eigenvalue weighted by Gasteiger charge is -2.17. The van der Waals surface area contributed by atoms with Crippen LogP contribution in [0.1, 0.15) is 29.3 Å². The van der Waals surface area contributed by atoms with Gasteiger partial charge in [0.25, 0.3) is 5.56 Å². The third-order valence-corrected chi connectivity index (χ3v) is 6.09. The number of halogens is 3. The van der Waals surface area contributed by atoms with E-state index in [0.717, 1.165) is 46.5 Å². The zero-order valence-corrected chi connectivity index (χ0v) is 16.2. The van der Waals surface area contributed by atoms with Gasteiger partial charge in [-0.2, -0.15) is 13.2 Å². The number of nitrogens with one attached hydrogen (secondary N) is 1. The third kappa shape index (κ3) is 3.89. The summed E-state index contributed by atoms with van der Waals surface area (Å²) < 4.78 is 39.4. The van der Waals surface area contributed by atoms with E-state index in [4.69, 9.17) is 0 Å². The van der Waals surface area contributed by atoms with Gasteiger partial charge in [-0.05, 0) is 48.9 Å². The highest BCUT2D eigenvalue weighted by atomic mass is 32.1. The van der Waals surface area contributed by atoms with Gasteiger partial charge in [-0.1, -0.05) is 18.2 Å². The Bertz CT molecular complexity index is 1150. The molecule has 1 atom stereocenters. The molecule has 29 heavy (non-hydrogen) atoms. The number of hydrogen-bond donors (Lipinski definition) is 1. The molecule has 0 saturated carbocycles. The Morgan fingerprint density at radius 1 is 1.38 bits per heavy atom. The summed E-state index contributed by atoms with van der Waals surface area (Å²) in [5, 5.41) is 10.8. The van der Waals surface area contributed by atoms with Gasteiger partial charge in [0.15, 0.2) is 4.83 Å². The van der Waals surface area contributed by atoms with Crippen molar-refractivity contribution in [3.63, 3.8) is 0 Å². The van der Waals surface area contributed by atoms with Crippen LogP contribution in [0, 0.1) is 5.92 Å². The van der Waals surface area contributed by atoms with E-state index >= 15 is 0 Å². The molecule has 0 unspecified atom stereocenters. The van der Waals surface area contributed by atoms with E-state index in [9.17, 15) is 22.8 Å². The van der Waals surface area contributed by atoms with E-state index < -0.39 is 29.8 Å². The molecule has 0 saturated heterocycles. The second kappa shape index (κ2) is 7.25. The molecule has 0 radical (unpaired) electrons. The highest BCUT2D eigenvalue weighted by Gasteiger charge is 2.30. The lowest BCUT2D eigenvalue weighted by atomic mass is 9.89. The maximum atomic E-state index is 12.9. The van der Waals surface area contributed by atoms with Gasteiger partial charge in [0.2, 0.25) is 5.91 Å². The minimum Gasteiger partial charge on any atom is -0.324 e. The van der Waals surface area contributed by atoms with Gasteiger partial charge in [-0.25, -0.2) is 4.68 Å². The van der Waals surface area contributed by atoms with Crippen LogP contribution >= 0.6 is 11.3 Å². The van der Waals surface area contributed by atoms with Crippen LogP contribution < -0.4 is 10.9 Å². The van der Waals surface area contributed by atoms with Crippen molar-refractivity contribution >= 4 is 33.1 Å². The Hall–Kier alpha value is -2.75. The molecule has 2 heterocycles. The Morgan fingerprint density at radius 3 is 2.93 bits per heavy atom. The fraction of sp³-hybridized carbons (Fsp3) is 0.368. The lowest BCUT2D eigenvalue weighted by Crippen LogP contribution is -2.30. The normalized spacial score (nSPS) is 16.6. The van der Waals surface area contributed by atoms with E-state index in [1.165, 1.54) is 23.5 Å². The first-order valence-corrected chi connectivity index (χ1v) is 9.89. The average Bonchev–Trinajstić information content (AvgIpc) is 3.01. The molecule has 0 aliphatic heterocycles. The maximum Gasteiger partial charge on any atom is 0.416 e. The van der Waals surface area contributed by atoms with Crippen LogP contribution in [-0.4, -0.2) is 20.9 Å². The van der Waals surface area contributed by atoms with Crippen LogP contribution in [0.15, 0.2) is 29.1 Å². The number of anilines is 1. The highest BCUT2D eigenvalue weighted by molar-refractivity contribution is 7.18. The predicted molar refractivity (Wildman–Crippen MR) is 103 cm³/mol. The van der Waals surface area contributed by atoms with Crippen molar-refractivity contribution in [2.45, 2.75) is 38.9 Å². The van der Waals surface area contributed by atoms with Gasteiger partial charge in [-0.3, -0.25) is 9.59 Å². The molecule has 6 nitrogen and oxygen atoms in total. The molecular weight excluding hydrogens is 405 g/mol. The van der Waals surface area contributed by atoms with Gasteiger partial charge < -0.3 is 5.32 Å². The summed E-state index contributed by atoms with van der Waals surface area (Å²) in [6.07, 6.45) is -1.85. The summed E-state index contributed by atoms with van der Waals surface area (Å²) in [5.74, 6) is -0.109. The number of thiophene rings is 1. The number of hydrogen-bond acceptors (Lipinski definition) is 5. The minimum absolute atomic E-state index is 0.00573. The summed E-state index contributed by atoms with van der Waals surface area (Å²) >= 11 is 1.46. The van der Waals surface area contributed by atoms with Crippen LogP contribution in [0.4, 0.5) is 18.9 Å². The molecule has 1 aliphatic carbocycles. The predicted octanol–water partition coefficient (Wildman–Crippen LogP) is 3.64. The quantitative estimate of drug-likeness (QED) is 0.699. The summed E-state index contributed by atoms with van der Waals surface area (Å²) in [4.78, 5) is 26.8. The average molecular weight is 422 g/mol. The van der Waals surface area contributed by atoms with Crippen molar-refractivity contribution in [1.82, 2.24) is 15.0 Å². The van der Waals surface area contributed by atoms with Gasteiger partial charge in [0.1, 0.15) is 6.54 Å². The van der Waals surface area contributed by atoms with Crippen molar-refractivity contribution in [1.29, 1.82) is 0 Å². The molecule has 3 aromatic rings. The third-order valence-electron chi connectivity index (χ3n) is 4.95. The van der Waals surface area contributed by atoms with Gasteiger partial charge in [0, 0.05) is 10.6 Å². The van der Waals surface area contributed by atoms with Crippen LogP contribution in [0.5, 0.6) is 0 Å². The molecule has 0 bridgehead atoms. The number of alkyl halides is 3. The fourth-order valence-corrected chi connectivity index (χ4v) is 4.82. The summed E-state index contributed by atoms with van der Waals surface area (Å²) in [5.41, 5.74) is -0.294. The first-order valence-electron chi connectivity index (χ1n) is 9.07. The number of benzene rings is 1.